The molecule has 3 aromatic rings. The summed E-state index contributed by atoms with van der Waals surface area (Å²) < 4.78 is 5.65. The van der Waals surface area contributed by atoms with Gasteiger partial charge in [-0.05, 0) is 38.1 Å². The summed E-state index contributed by atoms with van der Waals surface area (Å²) in [4.78, 5) is 37.1. The zero-order chi connectivity index (χ0) is 21.7. The summed E-state index contributed by atoms with van der Waals surface area (Å²) in [6.45, 7) is 5.30. The molecule has 0 aromatic heterocycles. The lowest BCUT2D eigenvalue weighted by Crippen LogP contribution is -2.20. The Hall–Kier alpha value is -3.73. The Labute approximate surface area is 175 Å². The SMILES string of the molecule is CC(=O)Nc1ccc(C(=O)O[C@@H](C(=O)c2ccc(C)cc2)c2ccc(C)cc2)cc1. The quantitative estimate of drug-likeness (QED) is 0.464. The monoisotopic (exact) mass is 401 g/mol. The highest BCUT2D eigenvalue weighted by Crippen LogP contribution is 2.25. The van der Waals surface area contributed by atoms with Crippen LogP contribution in [-0.2, 0) is 9.53 Å². The largest absolute Gasteiger partial charge is 0.445 e. The van der Waals surface area contributed by atoms with E-state index in [-0.39, 0.29) is 17.3 Å². The topological polar surface area (TPSA) is 72.5 Å². The number of ether oxygens (including phenoxy) is 1. The third kappa shape index (κ3) is 5.20. The highest BCUT2D eigenvalue weighted by atomic mass is 16.5. The van der Waals surface area contributed by atoms with Gasteiger partial charge in [0.1, 0.15) is 0 Å². The van der Waals surface area contributed by atoms with Crippen LogP contribution in [0.1, 0.15) is 50.4 Å². The summed E-state index contributed by atoms with van der Waals surface area (Å²) in [5.41, 5.74) is 4.02. The lowest BCUT2D eigenvalue weighted by atomic mass is 9.98. The molecule has 5 nitrogen and oxygen atoms in total. The fourth-order valence-electron chi connectivity index (χ4n) is 2.95. The van der Waals surface area contributed by atoms with E-state index in [1.807, 2.05) is 38.1 Å². The minimum atomic E-state index is -1.06. The molecule has 0 bridgehead atoms. The van der Waals surface area contributed by atoms with Crippen LogP contribution in [0.4, 0.5) is 5.69 Å². The summed E-state index contributed by atoms with van der Waals surface area (Å²) in [5.74, 6) is -1.11. The Morgan fingerprint density at radius 1 is 0.733 bits per heavy atom. The number of hydrogen-bond acceptors (Lipinski definition) is 4. The van der Waals surface area contributed by atoms with Crippen LogP contribution in [-0.4, -0.2) is 17.7 Å². The lowest BCUT2D eigenvalue weighted by molar-refractivity contribution is -0.114. The van der Waals surface area contributed by atoms with Crippen LogP contribution < -0.4 is 5.32 Å². The highest BCUT2D eigenvalue weighted by Gasteiger charge is 2.26. The number of anilines is 1. The standard InChI is InChI=1S/C25H23NO4/c1-16-4-8-19(9-5-16)23(28)24(20-10-6-17(2)7-11-20)30-25(29)21-12-14-22(15-13-21)26-18(3)27/h4-15,24H,1-3H3,(H,26,27)/t24-/m1/s1. The number of hydrogen-bond donors (Lipinski definition) is 1. The molecule has 1 atom stereocenters. The first kappa shape index (κ1) is 21.0. The van der Waals surface area contributed by atoms with Crippen LogP contribution in [0, 0.1) is 13.8 Å². The van der Waals surface area contributed by atoms with E-state index in [0.717, 1.165) is 11.1 Å². The van der Waals surface area contributed by atoms with Gasteiger partial charge >= 0.3 is 5.97 Å². The zero-order valence-electron chi connectivity index (χ0n) is 17.1. The number of esters is 1. The second-order valence-electron chi connectivity index (χ2n) is 7.18. The van der Waals surface area contributed by atoms with Gasteiger partial charge in [0.05, 0.1) is 5.56 Å². The van der Waals surface area contributed by atoms with E-state index in [1.165, 1.54) is 6.92 Å². The average molecular weight is 401 g/mol. The summed E-state index contributed by atoms with van der Waals surface area (Å²) in [6.07, 6.45) is -1.06. The van der Waals surface area contributed by atoms with Gasteiger partial charge in [-0.15, -0.1) is 0 Å². The summed E-state index contributed by atoms with van der Waals surface area (Å²) in [5, 5.41) is 2.64. The summed E-state index contributed by atoms with van der Waals surface area (Å²) >= 11 is 0. The molecule has 152 valence electrons. The maximum atomic E-state index is 13.2. The summed E-state index contributed by atoms with van der Waals surface area (Å²) in [7, 11) is 0. The molecule has 5 heteroatoms. The lowest BCUT2D eigenvalue weighted by Gasteiger charge is -2.18. The second-order valence-corrected chi connectivity index (χ2v) is 7.18. The Balaban J connectivity index is 1.87. The maximum Gasteiger partial charge on any atom is 0.339 e. The van der Waals surface area contributed by atoms with Crippen molar-refractivity contribution in [2.45, 2.75) is 26.9 Å². The van der Waals surface area contributed by atoms with Gasteiger partial charge in [-0.2, -0.15) is 0 Å². The normalized spacial score (nSPS) is 11.4. The maximum absolute atomic E-state index is 13.2. The molecule has 0 saturated carbocycles. The Morgan fingerprint density at radius 3 is 1.77 bits per heavy atom. The average Bonchev–Trinajstić information content (AvgIpc) is 2.73. The molecule has 30 heavy (non-hydrogen) atoms. The van der Waals surface area contributed by atoms with E-state index in [1.54, 1.807) is 48.5 Å². The zero-order valence-corrected chi connectivity index (χ0v) is 17.1. The van der Waals surface area contributed by atoms with Gasteiger partial charge in [-0.3, -0.25) is 9.59 Å². The molecule has 0 unspecified atom stereocenters. The van der Waals surface area contributed by atoms with Gasteiger partial charge in [-0.25, -0.2) is 4.79 Å². The van der Waals surface area contributed by atoms with E-state index < -0.39 is 12.1 Å². The molecular formula is C25H23NO4. The molecule has 0 spiro atoms. The van der Waals surface area contributed by atoms with Gasteiger partial charge in [0, 0.05) is 23.7 Å². The number of Topliss-reactive ketones (excluding diaryl/α,β-unsaturated/α-hetero) is 1. The van der Waals surface area contributed by atoms with Crippen LogP contribution in [0.3, 0.4) is 0 Å². The number of benzene rings is 3. The van der Waals surface area contributed by atoms with Crippen molar-refractivity contribution < 1.29 is 19.1 Å². The van der Waals surface area contributed by atoms with Crippen molar-refractivity contribution >= 4 is 23.3 Å². The Morgan fingerprint density at radius 2 is 1.23 bits per heavy atom. The molecular weight excluding hydrogens is 378 g/mol. The molecule has 0 fully saturated rings. The molecule has 3 rings (SSSR count). The van der Waals surface area contributed by atoms with Crippen molar-refractivity contribution in [3.05, 3.63) is 101 Å². The van der Waals surface area contributed by atoms with Gasteiger partial charge in [0.15, 0.2) is 6.10 Å². The fourth-order valence-corrected chi connectivity index (χ4v) is 2.95. The van der Waals surface area contributed by atoms with Crippen LogP contribution in [0.5, 0.6) is 0 Å². The number of aryl methyl sites for hydroxylation is 2. The predicted molar refractivity (Wildman–Crippen MR) is 116 cm³/mol. The Kier molecular flexibility index (Phi) is 6.42. The third-order valence-corrected chi connectivity index (χ3v) is 4.62. The second kappa shape index (κ2) is 9.18. The number of carbonyl (C=O) groups is 3. The fraction of sp³-hybridized carbons (Fsp3) is 0.160. The smallest absolute Gasteiger partial charge is 0.339 e. The van der Waals surface area contributed by atoms with Crippen molar-refractivity contribution in [1.82, 2.24) is 0 Å². The first-order chi connectivity index (χ1) is 14.3. The van der Waals surface area contributed by atoms with Crippen molar-refractivity contribution in [2.75, 3.05) is 5.32 Å². The molecule has 0 aliphatic heterocycles. The van der Waals surface area contributed by atoms with Crippen molar-refractivity contribution in [2.24, 2.45) is 0 Å². The molecule has 1 amide bonds. The molecule has 0 saturated heterocycles. The van der Waals surface area contributed by atoms with Crippen LogP contribution in [0.15, 0.2) is 72.8 Å². The molecule has 0 aliphatic carbocycles. The van der Waals surface area contributed by atoms with Gasteiger partial charge < -0.3 is 10.1 Å². The molecule has 0 heterocycles. The number of amides is 1. The minimum absolute atomic E-state index is 0.201. The number of nitrogens with one attached hydrogen (secondary N) is 1. The van der Waals surface area contributed by atoms with E-state index in [4.69, 9.17) is 4.74 Å². The first-order valence-corrected chi connectivity index (χ1v) is 9.59. The molecule has 0 aliphatic rings. The number of ketones is 1. The molecule has 1 N–H and O–H groups in total. The van der Waals surface area contributed by atoms with E-state index in [9.17, 15) is 14.4 Å². The van der Waals surface area contributed by atoms with Gasteiger partial charge in [-0.1, -0.05) is 59.7 Å². The van der Waals surface area contributed by atoms with Crippen molar-refractivity contribution in [1.29, 1.82) is 0 Å². The number of carbonyl (C=O) groups excluding carboxylic acids is 3. The first-order valence-electron chi connectivity index (χ1n) is 9.59. The Bertz CT molecular complexity index is 1050. The van der Waals surface area contributed by atoms with Crippen LogP contribution >= 0.6 is 0 Å². The predicted octanol–water partition coefficient (Wildman–Crippen LogP) is 5.04. The van der Waals surface area contributed by atoms with Crippen molar-refractivity contribution in [3.8, 4) is 0 Å². The van der Waals surface area contributed by atoms with Gasteiger partial charge in [0.25, 0.3) is 0 Å². The number of rotatable bonds is 6. The summed E-state index contributed by atoms with van der Waals surface area (Å²) in [6, 6.07) is 20.8. The van der Waals surface area contributed by atoms with Crippen LogP contribution in [0.25, 0.3) is 0 Å². The third-order valence-electron chi connectivity index (χ3n) is 4.62. The van der Waals surface area contributed by atoms with Crippen LogP contribution in [0.2, 0.25) is 0 Å². The van der Waals surface area contributed by atoms with E-state index in [2.05, 4.69) is 5.32 Å². The minimum Gasteiger partial charge on any atom is -0.445 e. The highest BCUT2D eigenvalue weighted by molar-refractivity contribution is 6.02. The van der Waals surface area contributed by atoms with Gasteiger partial charge in [0.2, 0.25) is 11.7 Å². The van der Waals surface area contributed by atoms with E-state index in [0.29, 0.717) is 16.8 Å². The van der Waals surface area contributed by atoms with Crippen molar-refractivity contribution in [3.63, 3.8) is 0 Å². The molecule has 3 aromatic carbocycles. The van der Waals surface area contributed by atoms with E-state index >= 15 is 0 Å². The molecule has 0 radical (unpaired) electrons.